The van der Waals surface area contributed by atoms with Crippen LogP contribution in [0.1, 0.15) is 22.7 Å². The van der Waals surface area contributed by atoms with Crippen LogP contribution in [0.5, 0.6) is 0 Å². The summed E-state index contributed by atoms with van der Waals surface area (Å²) in [4.78, 5) is 34.5. The molecule has 1 N–H and O–H groups in total. The maximum absolute atomic E-state index is 13.0. The lowest BCUT2D eigenvalue weighted by Crippen LogP contribution is -2.48. The highest BCUT2D eigenvalue weighted by atomic mass is 32.2. The van der Waals surface area contributed by atoms with Crippen LogP contribution in [0, 0.1) is 10.1 Å². The van der Waals surface area contributed by atoms with E-state index in [1.54, 1.807) is 11.3 Å². The number of thiophene rings is 1. The molecule has 0 spiro atoms. The zero-order chi connectivity index (χ0) is 22.5. The summed E-state index contributed by atoms with van der Waals surface area (Å²) >= 11 is 1.59. The number of nitrogens with one attached hydrogen (secondary N) is 1. The second-order valence-electron chi connectivity index (χ2n) is 7.96. The molecule has 1 aromatic carbocycles. The number of para-hydroxylation sites is 1. The normalized spacial score (nSPS) is 17.6. The van der Waals surface area contributed by atoms with Gasteiger partial charge in [0, 0.05) is 37.1 Å². The van der Waals surface area contributed by atoms with Crippen molar-refractivity contribution in [3.05, 3.63) is 61.0 Å². The number of hydrogen-bond acceptors (Lipinski definition) is 8. The third-order valence-corrected chi connectivity index (χ3v) is 9.14. The van der Waals surface area contributed by atoms with Gasteiger partial charge in [-0.3, -0.25) is 19.8 Å². The first-order valence-electron chi connectivity index (χ1n) is 10.3. The van der Waals surface area contributed by atoms with Crippen molar-refractivity contribution in [3.63, 3.8) is 0 Å². The number of piperazine rings is 1. The molecule has 1 fully saturated rings. The quantitative estimate of drug-likeness (QED) is 0.441. The highest BCUT2D eigenvalue weighted by molar-refractivity contribution is 7.89. The number of aromatic nitrogens is 2. The average Bonchev–Trinajstić information content (AvgIpc) is 3.35. The minimum absolute atomic E-state index is 0.109. The van der Waals surface area contributed by atoms with E-state index in [4.69, 9.17) is 0 Å². The van der Waals surface area contributed by atoms with Crippen molar-refractivity contribution in [3.8, 4) is 0 Å². The second-order valence-corrected chi connectivity index (χ2v) is 10.9. The Morgan fingerprint density at radius 2 is 1.91 bits per heavy atom. The molecular weight excluding hydrogens is 454 g/mol. The van der Waals surface area contributed by atoms with Crippen LogP contribution in [0.15, 0.2) is 34.0 Å². The summed E-state index contributed by atoms with van der Waals surface area (Å²) in [6, 6.07) is 5.39. The Morgan fingerprint density at radius 3 is 2.66 bits per heavy atom. The molecule has 32 heavy (non-hydrogen) atoms. The van der Waals surface area contributed by atoms with Crippen LogP contribution < -0.4 is 5.56 Å². The number of hydrogen-bond donors (Lipinski definition) is 1. The van der Waals surface area contributed by atoms with Gasteiger partial charge in [0.15, 0.2) is 4.90 Å². The Balaban J connectivity index is 1.30. The zero-order valence-electron chi connectivity index (χ0n) is 17.1. The molecule has 10 nitrogen and oxygen atoms in total. The Morgan fingerprint density at radius 1 is 1.16 bits per heavy atom. The monoisotopic (exact) mass is 475 g/mol. The SMILES string of the molecule is O=c1[nH]c(CN2CCN(S(=O)(=O)c3ccccc3[N+](=O)[O-])CC2)nc2sc3c(c12)CCC3. The number of fused-ring (bicyclic) bond motifs is 3. The molecule has 3 aromatic rings. The molecule has 1 aliphatic heterocycles. The topological polar surface area (TPSA) is 130 Å². The van der Waals surface area contributed by atoms with E-state index < -0.39 is 20.6 Å². The molecule has 0 saturated carbocycles. The summed E-state index contributed by atoms with van der Waals surface area (Å²) in [5.74, 6) is 0.567. The molecule has 168 valence electrons. The van der Waals surface area contributed by atoms with E-state index in [1.165, 1.54) is 33.4 Å². The van der Waals surface area contributed by atoms with Crippen LogP contribution in [-0.2, 0) is 29.4 Å². The maximum Gasteiger partial charge on any atom is 0.289 e. The summed E-state index contributed by atoms with van der Waals surface area (Å²) < 4.78 is 27.2. The third-order valence-electron chi connectivity index (χ3n) is 6.01. The summed E-state index contributed by atoms with van der Waals surface area (Å²) in [5.41, 5.74) is 0.606. The molecule has 2 aliphatic rings. The molecule has 0 amide bonds. The fourth-order valence-electron chi connectivity index (χ4n) is 4.43. The molecule has 0 radical (unpaired) electrons. The van der Waals surface area contributed by atoms with Gasteiger partial charge in [-0.1, -0.05) is 12.1 Å². The van der Waals surface area contributed by atoms with E-state index in [0.29, 0.717) is 30.8 Å². The number of rotatable bonds is 5. The molecule has 3 heterocycles. The Bertz CT molecular complexity index is 1370. The van der Waals surface area contributed by atoms with E-state index in [9.17, 15) is 23.3 Å². The standard InChI is InChI=1S/C20H21N5O5S2/c26-19-18-13-4-3-6-15(13)31-20(18)22-17(21-19)12-23-8-10-24(11-9-23)32(29,30)16-7-2-1-5-14(16)25(27)28/h1-2,5,7H,3-4,6,8-12H2,(H,21,22,26). The predicted molar refractivity (Wildman–Crippen MR) is 119 cm³/mol. The number of nitrogens with zero attached hydrogens (tertiary/aromatic N) is 4. The molecule has 2 aromatic heterocycles. The lowest BCUT2D eigenvalue weighted by atomic mass is 10.2. The van der Waals surface area contributed by atoms with Crippen molar-refractivity contribution in [1.82, 2.24) is 19.2 Å². The van der Waals surface area contributed by atoms with Crippen molar-refractivity contribution >= 4 is 37.3 Å². The fraction of sp³-hybridized carbons (Fsp3) is 0.400. The van der Waals surface area contributed by atoms with Gasteiger partial charge in [0.05, 0.1) is 16.9 Å². The van der Waals surface area contributed by atoms with Crippen molar-refractivity contribution < 1.29 is 13.3 Å². The average molecular weight is 476 g/mol. The van der Waals surface area contributed by atoms with Crippen LogP contribution >= 0.6 is 11.3 Å². The van der Waals surface area contributed by atoms with Gasteiger partial charge in [-0.05, 0) is 30.9 Å². The van der Waals surface area contributed by atoms with Gasteiger partial charge in [0.25, 0.3) is 11.2 Å². The molecule has 0 atom stereocenters. The molecular formula is C20H21N5O5S2. The fourth-order valence-corrected chi connectivity index (χ4v) is 7.29. The molecule has 1 saturated heterocycles. The van der Waals surface area contributed by atoms with Crippen molar-refractivity contribution in [2.75, 3.05) is 26.2 Å². The molecule has 0 unspecified atom stereocenters. The van der Waals surface area contributed by atoms with Gasteiger partial charge >= 0.3 is 0 Å². The Hall–Kier alpha value is -2.67. The minimum Gasteiger partial charge on any atom is -0.309 e. The van der Waals surface area contributed by atoms with Gasteiger partial charge in [0.2, 0.25) is 10.0 Å². The van der Waals surface area contributed by atoms with E-state index in [-0.39, 0.29) is 23.5 Å². The van der Waals surface area contributed by atoms with E-state index in [1.807, 2.05) is 4.90 Å². The largest absolute Gasteiger partial charge is 0.309 e. The van der Waals surface area contributed by atoms with Crippen molar-refractivity contribution in [2.45, 2.75) is 30.7 Å². The summed E-state index contributed by atoms with van der Waals surface area (Å²) in [6.07, 6.45) is 3.01. The first-order valence-corrected chi connectivity index (χ1v) is 12.6. The number of aryl methyl sites for hydroxylation is 2. The maximum atomic E-state index is 13.0. The predicted octanol–water partition coefficient (Wildman–Crippen LogP) is 1.89. The lowest BCUT2D eigenvalue weighted by molar-refractivity contribution is -0.387. The highest BCUT2D eigenvalue weighted by Gasteiger charge is 2.33. The molecule has 0 bridgehead atoms. The number of nitro benzene ring substituents is 1. The van der Waals surface area contributed by atoms with Crippen LogP contribution in [0.3, 0.4) is 0 Å². The first kappa shape index (κ1) is 21.2. The summed E-state index contributed by atoms with van der Waals surface area (Å²) in [6.45, 7) is 1.68. The van der Waals surface area contributed by atoms with Gasteiger partial charge in [-0.25, -0.2) is 13.4 Å². The minimum atomic E-state index is -3.97. The second kappa shape index (κ2) is 8.03. The van der Waals surface area contributed by atoms with E-state index >= 15 is 0 Å². The van der Waals surface area contributed by atoms with Crippen molar-refractivity contribution in [1.29, 1.82) is 0 Å². The van der Waals surface area contributed by atoms with Gasteiger partial charge in [0.1, 0.15) is 10.7 Å². The number of H-pyrrole nitrogens is 1. The highest BCUT2D eigenvalue weighted by Crippen LogP contribution is 2.34. The molecule has 12 heteroatoms. The number of aromatic amines is 1. The summed E-state index contributed by atoms with van der Waals surface area (Å²) in [5, 5.41) is 12.0. The van der Waals surface area contributed by atoms with E-state index in [2.05, 4.69) is 9.97 Å². The third kappa shape index (κ3) is 3.62. The Kier molecular flexibility index (Phi) is 5.32. The molecule has 1 aliphatic carbocycles. The van der Waals surface area contributed by atoms with Crippen LogP contribution in [0.25, 0.3) is 10.2 Å². The van der Waals surface area contributed by atoms with Crippen LogP contribution in [-0.4, -0.2) is 58.7 Å². The number of nitro groups is 1. The number of benzene rings is 1. The van der Waals surface area contributed by atoms with Crippen LogP contribution in [0.4, 0.5) is 5.69 Å². The lowest BCUT2D eigenvalue weighted by Gasteiger charge is -2.33. The smallest absolute Gasteiger partial charge is 0.289 e. The van der Waals surface area contributed by atoms with E-state index in [0.717, 1.165) is 29.7 Å². The van der Waals surface area contributed by atoms with Gasteiger partial charge in [-0.15, -0.1) is 11.3 Å². The first-order chi connectivity index (χ1) is 15.3. The van der Waals surface area contributed by atoms with Crippen molar-refractivity contribution in [2.24, 2.45) is 0 Å². The van der Waals surface area contributed by atoms with Gasteiger partial charge in [-0.2, -0.15) is 4.31 Å². The summed E-state index contributed by atoms with van der Waals surface area (Å²) in [7, 11) is -3.97. The Labute approximate surface area is 187 Å². The van der Waals surface area contributed by atoms with Crippen LogP contribution in [0.2, 0.25) is 0 Å². The number of sulfonamides is 1. The zero-order valence-corrected chi connectivity index (χ0v) is 18.7. The molecule has 5 rings (SSSR count). The van der Waals surface area contributed by atoms with Gasteiger partial charge < -0.3 is 4.98 Å².